The number of rotatable bonds is 4. The standard InChI is InChI=1S/C15H20N2O4/c1-21-13-5-7-17(8-6-13)15(20)16-12-4-2-3-11(9-12)10-14(18)19/h2-4,9,13H,5-8,10H2,1H3,(H,16,20)(H,18,19). The molecule has 2 amide bonds. The number of anilines is 1. The molecule has 0 atom stereocenters. The predicted molar refractivity (Wildman–Crippen MR) is 78.4 cm³/mol. The molecule has 6 nitrogen and oxygen atoms in total. The highest BCUT2D eigenvalue weighted by molar-refractivity contribution is 5.89. The highest BCUT2D eigenvalue weighted by atomic mass is 16.5. The smallest absolute Gasteiger partial charge is 0.321 e. The zero-order valence-electron chi connectivity index (χ0n) is 12.0. The molecule has 0 saturated carbocycles. The number of carboxylic acid groups (broad SMARTS) is 1. The molecular formula is C15H20N2O4. The number of aliphatic carboxylic acids is 1. The molecule has 114 valence electrons. The first kappa shape index (κ1) is 15.3. The third kappa shape index (κ3) is 4.46. The molecule has 1 aromatic rings. The fourth-order valence-electron chi connectivity index (χ4n) is 2.43. The summed E-state index contributed by atoms with van der Waals surface area (Å²) in [6.07, 6.45) is 1.85. The topological polar surface area (TPSA) is 78.9 Å². The predicted octanol–water partition coefficient (Wildman–Crippen LogP) is 1.96. The average molecular weight is 292 g/mol. The zero-order valence-corrected chi connectivity index (χ0v) is 12.0. The number of nitrogens with one attached hydrogen (secondary N) is 1. The molecule has 0 aromatic heterocycles. The second kappa shape index (κ2) is 7.08. The number of carboxylic acids is 1. The van der Waals surface area contributed by atoms with E-state index in [1.54, 1.807) is 36.3 Å². The van der Waals surface area contributed by atoms with Crippen LogP contribution in [0.2, 0.25) is 0 Å². The van der Waals surface area contributed by atoms with Gasteiger partial charge in [-0.25, -0.2) is 4.79 Å². The molecule has 2 N–H and O–H groups in total. The van der Waals surface area contributed by atoms with Crippen molar-refractivity contribution in [3.63, 3.8) is 0 Å². The van der Waals surface area contributed by atoms with Crippen LogP contribution in [-0.2, 0) is 16.0 Å². The quantitative estimate of drug-likeness (QED) is 0.889. The first-order chi connectivity index (χ1) is 10.1. The Kier molecular flexibility index (Phi) is 5.16. The molecular weight excluding hydrogens is 272 g/mol. The van der Waals surface area contributed by atoms with E-state index in [4.69, 9.17) is 9.84 Å². The SMILES string of the molecule is COC1CCN(C(=O)Nc2cccc(CC(=O)O)c2)CC1. The summed E-state index contributed by atoms with van der Waals surface area (Å²) in [6, 6.07) is 6.76. The van der Waals surface area contributed by atoms with Gasteiger partial charge in [-0.2, -0.15) is 0 Å². The Morgan fingerprint density at radius 2 is 2.10 bits per heavy atom. The van der Waals surface area contributed by atoms with Crippen LogP contribution >= 0.6 is 0 Å². The minimum Gasteiger partial charge on any atom is -0.481 e. The lowest BCUT2D eigenvalue weighted by atomic mass is 10.1. The van der Waals surface area contributed by atoms with E-state index in [1.807, 2.05) is 0 Å². The molecule has 2 rings (SSSR count). The third-order valence-electron chi connectivity index (χ3n) is 3.60. The van der Waals surface area contributed by atoms with Gasteiger partial charge in [-0.05, 0) is 30.5 Å². The van der Waals surface area contributed by atoms with Crippen molar-refractivity contribution in [2.75, 3.05) is 25.5 Å². The number of hydrogen-bond acceptors (Lipinski definition) is 3. The van der Waals surface area contributed by atoms with Crippen molar-refractivity contribution >= 4 is 17.7 Å². The van der Waals surface area contributed by atoms with Crippen LogP contribution in [0.4, 0.5) is 10.5 Å². The third-order valence-corrected chi connectivity index (χ3v) is 3.60. The van der Waals surface area contributed by atoms with Crippen LogP contribution in [0.25, 0.3) is 0 Å². The minimum absolute atomic E-state index is 0.0526. The summed E-state index contributed by atoms with van der Waals surface area (Å²) in [5.41, 5.74) is 1.28. The Morgan fingerprint density at radius 1 is 1.38 bits per heavy atom. The van der Waals surface area contributed by atoms with Gasteiger partial charge in [0.1, 0.15) is 0 Å². The number of carbonyl (C=O) groups excluding carboxylic acids is 1. The molecule has 1 saturated heterocycles. The monoisotopic (exact) mass is 292 g/mol. The van der Waals surface area contributed by atoms with E-state index in [1.165, 1.54) is 0 Å². The van der Waals surface area contributed by atoms with Crippen molar-refractivity contribution in [2.45, 2.75) is 25.4 Å². The van der Waals surface area contributed by atoms with Gasteiger partial charge in [0.25, 0.3) is 0 Å². The lowest BCUT2D eigenvalue weighted by molar-refractivity contribution is -0.136. The van der Waals surface area contributed by atoms with Crippen LogP contribution in [0.3, 0.4) is 0 Å². The molecule has 1 aromatic carbocycles. The van der Waals surface area contributed by atoms with E-state index >= 15 is 0 Å². The number of methoxy groups -OCH3 is 1. The molecule has 1 fully saturated rings. The summed E-state index contributed by atoms with van der Waals surface area (Å²) in [5.74, 6) is -0.889. The fourth-order valence-corrected chi connectivity index (χ4v) is 2.43. The number of amides is 2. The molecule has 0 unspecified atom stereocenters. The lowest BCUT2D eigenvalue weighted by Gasteiger charge is -2.31. The van der Waals surface area contributed by atoms with Crippen LogP contribution < -0.4 is 5.32 Å². The summed E-state index contributed by atoms with van der Waals surface area (Å²) in [4.78, 5) is 24.6. The average Bonchev–Trinajstić information content (AvgIpc) is 2.47. The van der Waals surface area contributed by atoms with Crippen LogP contribution in [0.5, 0.6) is 0 Å². The largest absolute Gasteiger partial charge is 0.481 e. The number of nitrogens with zero attached hydrogens (tertiary/aromatic N) is 1. The van der Waals surface area contributed by atoms with Crippen molar-refractivity contribution in [1.29, 1.82) is 0 Å². The van der Waals surface area contributed by atoms with Gasteiger partial charge in [0.15, 0.2) is 0 Å². The molecule has 1 aliphatic rings. The number of carbonyl (C=O) groups is 2. The summed E-state index contributed by atoms with van der Waals surface area (Å²) < 4.78 is 5.28. The maximum atomic E-state index is 12.2. The Hall–Kier alpha value is -2.08. The van der Waals surface area contributed by atoms with Crippen LogP contribution in [0.15, 0.2) is 24.3 Å². The van der Waals surface area contributed by atoms with E-state index in [0.29, 0.717) is 24.3 Å². The Bertz CT molecular complexity index is 510. The number of benzene rings is 1. The maximum absolute atomic E-state index is 12.2. The molecule has 0 spiro atoms. The van der Waals surface area contributed by atoms with E-state index < -0.39 is 5.97 Å². The van der Waals surface area contributed by atoms with Gasteiger partial charge in [-0.1, -0.05) is 12.1 Å². The van der Waals surface area contributed by atoms with Crippen LogP contribution in [0, 0.1) is 0 Å². The summed E-state index contributed by atoms with van der Waals surface area (Å²) in [7, 11) is 1.69. The van der Waals surface area contributed by atoms with Gasteiger partial charge in [-0.3, -0.25) is 4.79 Å². The molecule has 21 heavy (non-hydrogen) atoms. The molecule has 6 heteroatoms. The second-order valence-corrected chi connectivity index (χ2v) is 5.12. The second-order valence-electron chi connectivity index (χ2n) is 5.12. The Balaban J connectivity index is 1.92. The van der Waals surface area contributed by atoms with Crippen molar-refractivity contribution in [3.05, 3.63) is 29.8 Å². The first-order valence-corrected chi connectivity index (χ1v) is 6.98. The van der Waals surface area contributed by atoms with Gasteiger partial charge in [0, 0.05) is 25.9 Å². The van der Waals surface area contributed by atoms with E-state index in [9.17, 15) is 9.59 Å². The van der Waals surface area contributed by atoms with Crippen molar-refractivity contribution in [3.8, 4) is 0 Å². The van der Waals surface area contributed by atoms with Gasteiger partial charge in [0.2, 0.25) is 0 Å². The highest BCUT2D eigenvalue weighted by Gasteiger charge is 2.22. The normalized spacial score (nSPS) is 15.8. The first-order valence-electron chi connectivity index (χ1n) is 6.98. The number of piperidine rings is 1. The van der Waals surface area contributed by atoms with Crippen molar-refractivity contribution in [1.82, 2.24) is 4.90 Å². The fraction of sp³-hybridized carbons (Fsp3) is 0.467. The molecule has 1 heterocycles. The van der Waals surface area contributed by atoms with E-state index in [0.717, 1.165) is 12.8 Å². The highest BCUT2D eigenvalue weighted by Crippen LogP contribution is 2.16. The zero-order chi connectivity index (χ0) is 15.2. The number of ether oxygens (including phenoxy) is 1. The van der Waals surface area contributed by atoms with Gasteiger partial charge >= 0.3 is 12.0 Å². The number of hydrogen-bond donors (Lipinski definition) is 2. The van der Waals surface area contributed by atoms with Crippen molar-refractivity contribution in [2.24, 2.45) is 0 Å². The van der Waals surface area contributed by atoms with Crippen LogP contribution in [-0.4, -0.2) is 48.3 Å². The summed E-state index contributed by atoms with van der Waals surface area (Å²) in [5, 5.41) is 11.6. The van der Waals surface area contributed by atoms with Crippen LogP contribution in [0.1, 0.15) is 18.4 Å². The van der Waals surface area contributed by atoms with Gasteiger partial charge in [0.05, 0.1) is 12.5 Å². The Labute approximate surface area is 123 Å². The van der Waals surface area contributed by atoms with E-state index in [-0.39, 0.29) is 18.6 Å². The maximum Gasteiger partial charge on any atom is 0.321 e. The van der Waals surface area contributed by atoms with Gasteiger partial charge < -0.3 is 20.1 Å². The minimum atomic E-state index is -0.889. The van der Waals surface area contributed by atoms with Crippen molar-refractivity contribution < 1.29 is 19.4 Å². The molecule has 1 aliphatic heterocycles. The number of likely N-dealkylation sites (tertiary alicyclic amines) is 1. The summed E-state index contributed by atoms with van der Waals surface area (Å²) >= 11 is 0. The van der Waals surface area contributed by atoms with E-state index in [2.05, 4.69) is 5.32 Å². The van der Waals surface area contributed by atoms with Gasteiger partial charge in [-0.15, -0.1) is 0 Å². The molecule has 0 radical (unpaired) electrons. The molecule has 0 bridgehead atoms. The Morgan fingerprint density at radius 3 is 2.71 bits per heavy atom. The molecule has 0 aliphatic carbocycles. The number of urea groups is 1. The summed E-state index contributed by atoms with van der Waals surface area (Å²) in [6.45, 7) is 1.33. The lowest BCUT2D eigenvalue weighted by Crippen LogP contribution is -2.42.